The van der Waals surface area contributed by atoms with Crippen molar-refractivity contribution in [1.29, 1.82) is 0 Å². The van der Waals surface area contributed by atoms with Gasteiger partial charge in [0.2, 0.25) is 5.78 Å². The fraction of sp³-hybridized carbons (Fsp3) is 0.423. The predicted octanol–water partition coefficient (Wildman–Crippen LogP) is 5.75. The first-order valence-electron chi connectivity index (χ1n) is 11.3. The summed E-state index contributed by atoms with van der Waals surface area (Å²) in [6.45, 7) is 11.6. The largest absolute Gasteiger partial charge is 0.507 e. The lowest BCUT2D eigenvalue weighted by atomic mass is 10.0. The fourth-order valence-corrected chi connectivity index (χ4v) is 4.89. The first-order chi connectivity index (χ1) is 15.7. The van der Waals surface area contributed by atoms with Crippen LogP contribution in [0, 0.1) is 11.8 Å². The standard InChI is InChI=1S/C26H30BrNO5/c1-15(2)10-28(11-16(3)4)12-21-22(29)6-5-20-24(30)23(33-26(20)21)9-17-7-19(27)8-18-13-31-14-32-25(17)18/h5-9,15-16,29H,10-14H2,1-4H3/b23-9+. The highest BCUT2D eigenvalue weighted by Gasteiger charge is 2.32. The number of ketones is 1. The van der Waals surface area contributed by atoms with Gasteiger partial charge in [0.25, 0.3) is 0 Å². The Hall–Kier alpha value is -2.35. The maximum Gasteiger partial charge on any atom is 0.231 e. The second-order valence-electron chi connectivity index (χ2n) is 9.46. The van der Waals surface area contributed by atoms with Crippen molar-refractivity contribution >= 4 is 27.8 Å². The number of aromatic hydroxyl groups is 1. The summed E-state index contributed by atoms with van der Waals surface area (Å²) in [5.41, 5.74) is 2.76. The molecule has 0 fully saturated rings. The van der Waals surface area contributed by atoms with Crippen LogP contribution in [0.5, 0.6) is 17.2 Å². The molecule has 0 radical (unpaired) electrons. The quantitative estimate of drug-likeness (QED) is 0.473. The molecule has 0 saturated heterocycles. The van der Waals surface area contributed by atoms with Crippen molar-refractivity contribution in [3.8, 4) is 17.2 Å². The normalized spacial score (nSPS) is 16.4. The van der Waals surface area contributed by atoms with Crippen molar-refractivity contribution in [3.05, 3.63) is 56.8 Å². The molecule has 7 heteroatoms. The molecule has 1 N–H and O–H groups in total. The van der Waals surface area contributed by atoms with E-state index in [1.807, 2.05) is 12.1 Å². The van der Waals surface area contributed by atoms with E-state index in [1.165, 1.54) is 0 Å². The topological polar surface area (TPSA) is 68.2 Å². The Labute approximate surface area is 203 Å². The highest BCUT2D eigenvalue weighted by molar-refractivity contribution is 9.10. The summed E-state index contributed by atoms with van der Waals surface area (Å²) in [6, 6.07) is 7.05. The van der Waals surface area contributed by atoms with Crippen LogP contribution in [0.15, 0.2) is 34.5 Å². The summed E-state index contributed by atoms with van der Waals surface area (Å²) in [6.07, 6.45) is 1.71. The van der Waals surface area contributed by atoms with Gasteiger partial charge in [-0.2, -0.15) is 0 Å². The van der Waals surface area contributed by atoms with E-state index in [1.54, 1.807) is 18.2 Å². The maximum atomic E-state index is 13.2. The Morgan fingerprint density at radius 1 is 1.12 bits per heavy atom. The summed E-state index contributed by atoms with van der Waals surface area (Å²) in [4.78, 5) is 15.5. The van der Waals surface area contributed by atoms with Crippen LogP contribution in [0.3, 0.4) is 0 Å². The molecule has 4 rings (SSSR count). The van der Waals surface area contributed by atoms with Gasteiger partial charge >= 0.3 is 0 Å². The smallest absolute Gasteiger partial charge is 0.231 e. The van der Waals surface area contributed by atoms with E-state index in [0.29, 0.717) is 47.6 Å². The first-order valence-corrected chi connectivity index (χ1v) is 12.1. The molecule has 0 aliphatic carbocycles. The lowest BCUT2D eigenvalue weighted by molar-refractivity contribution is -0.0165. The minimum atomic E-state index is -0.202. The second kappa shape index (κ2) is 9.87. The van der Waals surface area contributed by atoms with Gasteiger partial charge in [0.1, 0.15) is 17.2 Å². The number of phenols is 1. The Kier molecular flexibility index (Phi) is 7.12. The molecule has 0 unspecified atom stereocenters. The average molecular weight is 516 g/mol. The van der Waals surface area contributed by atoms with Crippen LogP contribution in [-0.4, -0.2) is 35.7 Å². The van der Waals surface area contributed by atoms with Crippen LogP contribution in [0.1, 0.15) is 54.7 Å². The van der Waals surface area contributed by atoms with Crippen LogP contribution < -0.4 is 9.47 Å². The van der Waals surface area contributed by atoms with Crippen LogP contribution >= 0.6 is 15.9 Å². The molecule has 0 saturated carbocycles. The third-order valence-corrected chi connectivity index (χ3v) is 5.99. The Balaban J connectivity index is 1.68. The average Bonchev–Trinajstić information content (AvgIpc) is 3.04. The molecular weight excluding hydrogens is 486 g/mol. The molecule has 2 aliphatic heterocycles. The number of benzene rings is 2. The molecule has 6 nitrogen and oxygen atoms in total. The van der Waals surface area contributed by atoms with E-state index in [0.717, 1.165) is 28.7 Å². The Morgan fingerprint density at radius 2 is 1.85 bits per heavy atom. The van der Waals surface area contributed by atoms with Crippen molar-refractivity contribution in [2.45, 2.75) is 40.8 Å². The number of hydrogen-bond acceptors (Lipinski definition) is 6. The third kappa shape index (κ3) is 5.26. The van der Waals surface area contributed by atoms with Gasteiger partial charge in [-0.1, -0.05) is 43.6 Å². The highest BCUT2D eigenvalue weighted by Crippen LogP contribution is 2.41. The number of carbonyl (C=O) groups excluding carboxylic acids is 1. The predicted molar refractivity (Wildman–Crippen MR) is 130 cm³/mol. The maximum absolute atomic E-state index is 13.2. The number of phenolic OH excluding ortho intramolecular Hbond substituents is 1. The van der Waals surface area contributed by atoms with Crippen molar-refractivity contribution < 1.29 is 24.1 Å². The summed E-state index contributed by atoms with van der Waals surface area (Å²) < 4.78 is 18.0. The SMILES string of the molecule is CC(C)CN(Cc1c(O)ccc2c1O/C(=C/c1cc(Br)cc3c1OCOC3)C2=O)CC(C)C. The summed E-state index contributed by atoms with van der Waals surface area (Å²) in [5, 5.41) is 10.7. The summed E-state index contributed by atoms with van der Waals surface area (Å²) in [5.74, 6) is 2.24. The lowest BCUT2D eigenvalue weighted by Crippen LogP contribution is -2.31. The molecule has 33 heavy (non-hydrogen) atoms. The van der Waals surface area contributed by atoms with Crippen LogP contribution in [0.2, 0.25) is 0 Å². The van der Waals surface area contributed by atoms with Crippen LogP contribution in [-0.2, 0) is 17.9 Å². The van der Waals surface area contributed by atoms with Gasteiger partial charge in [-0.05, 0) is 42.2 Å². The number of allylic oxidation sites excluding steroid dienone is 1. The van der Waals surface area contributed by atoms with Gasteiger partial charge in [-0.25, -0.2) is 0 Å². The molecule has 2 heterocycles. The number of halogens is 1. The van der Waals surface area contributed by atoms with Crippen molar-refractivity contribution in [1.82, 2.24) is 4.90 Å². The molecule has 2 aliphatic rings. The number of nitrogens with zero attached hydrogens (tertiary/aromatic N) is 1. The zero-order chi connectivity index (χ0) is 23.7. The van der Waals surface area contributed by atoms with E-state index in [9.17, 15) is 9.90 Å². The molecule has 2 aromatic carbocycles. The monoisotopic (exact) mass is 515 g/mol. The van der Waals surface area contributed by atoms with Gasteiger partial charge in [-0.15, -0.1) is 0 Å². The number of ether oxygens (including phenoxy) is 3. The molecule has 0 spiro atoms. The minimum absolute atomic E-state index is 0.139. The van der Waals surface area contributed by atoms with Gasteiger partial charge in [-0.3, -0.25) is 9.69 Å². The molecular formula is C26H30BrNO5. The minimum Gasteiger partial charge on any atom is -0.507 e. The second-order valence-corrected chi connectivity index (χ2v) is 10.4. The van der Waals surface area contributed by atoms with Crippen LogP contribution in [0.25, 0.3) is 6.08 Å². The van der Waals surface area contributed by atoms with Gasteiger partial charge in [0.05, 0.1) is 17.7 Å². The zero-order valence-corrected chi connectivity index (χ0v) is 21.1. The molecule has 0 atom stereocenters. The van der Waals surface area contributed by atoms with Crippen LogP contribution in [0.4, 0.5) is 0 Å². The summed E-state index contributed by atoms with van der Waals surface area (Å²) in [7, 11) is 0. The molecule has 0 aromatic heterocycles. The van der Waals surface area contributed by atoms with Crippen molar-refractivity contribution in [2.24, 2.45) is 11.8 Å². The van der Waals surface area contributed by atoms with Crippen molar-refractivity contribution in [2.75, 3.05) is 19.9 Å². The van der Waals surface area contributed by atoms with E-state index in [2.05, 4.69) is 48.5 Å². The zero-order valence-electron chi connectivity index (χ0n) is 19.5. The van der Waals surface area contributed by atoms with Gasteiger partial charge in [0.15, 0.2) is 12.6 Å². The first kappa shape index (κ1) is 23.8. The van der Waals surface area contributed by atoms with Gasteiger partial charge < -0.3 is 19.3 Å². The molecule has 176 valence electrons. The number of fused-ring (bicyclic) bond motifs is 2. The lowest BCUT2D eigenvalue weighted by Gasteiger charge is -2.27. The molecule has 0 amide bonds. The Morgan fingerprint density at radius 3 is 2.55 bits per heavy atom. The van der Waals surface area contributed by atoms with Gasteiger partial charge in [0, 0.05) is 35.2 Å². The fourth-order valence-electron chi connectivity index (χ4n) is 4.37. The van der Waals surface area contributed by atoms with E-state index in [-0.39, 0.29) is 24.1 Å². The number of Topliss-reactive ketones (excluding diaryl/α,β-unsaturated/α-hetero) is 1. The van der Waals surface area contributed by atoms with Crippen molar-refractivity contribution in [3.63, 3.8) is 0 Å². The number of carbonyl (C=O) groups is 1. The highest BCUT2D eigenvalue weighted by atomic mass is 79.9. The number of rotatable bonds is 7. The van der Waals surface area contributed by atoms with E-state index >= 15 is 0 Å². The molecule has 0 bridgehead atoms. The van der Waals surface area contributed by atoms with E-state index < -0.39 is 0 Å². The molecule has 2 aromatic rings. The Bertz CT molecular complexity index is 1080. The summed E-state index contributed by atoms with van der Waals surface area (Å²) >= 11 is 3.52. The number of hydrogen-bond donors (Lipinski definition) is 1. The van der Waals surface area contributed by atoms with E-state index in [4.69, 9.17) is 14.2 Å². The third-order valence-electron chi connectivity index (χ3n) is 5.53.